The molecule has 1 aromatic rings. The Morgan fingerprint density at radius 2 is 1.95 bits per heavy atom. The van der Waals surface area contributed by atoms with Crippen LogP contribution in [0, 0.1) is 11.8 Å². The second kappa shape index (κ2) is 6.79. The van der Waals surface area contributed by atoms with E-state index in [1.54, 1.807) is 32.0 Å². The highest BCUT2D eigenvalue weighted by molar-refractivity contribution is 6.42. The predicted molar refractivity (Wildman–Crippen MR) is 81.0 cm³/mol. The van der Waals surface area contributed by atoms with Gasteiger partial charge in [-0.2, -0.15) is 0 Å². The van der Waals surface area contributed by atoms with Gasteiger partial charge in [0.2, 0.25) is 0 Å². The first-order valence-corrected chi connectivity index (χ1v) is 7.31. The van der Waals surface area contributed by atoms with Gasteiger partial charge in [0.25, 0.3) is 0 Å². The van der Waals surface area contributed by atoms with Crippen molar-refractivity contribution in [3.8, 4) is 0 Å². The van der Waals surface area contributed by atoms with E-state index in [1.807, 2.05) is 13.8 Å². The van der Waals surface area contributed by atoms with E-state index >= 15 is 0 Å². The molecule has 3 nitrogen and oxygen atoms in total. The number of carbonyl (C=O) groups excluding carboxylic acids is 1. The van der Waals surface area contributed by atoms with Crippen molar-refractivity contribution >= 4 is 29.2 Å². The lowest BCUT2D eigenvalue weighted by atomic mass is 9.76. The van der Waals surface area contributed by atoms with E-state index in [9.17, 15) is 9.90 Å². The minimum absolute atomic E-state index is 0.0847. The molecule has 0 spiro atoms. The summed E-state index contributed by atoms with van der Waals surface area (Å²) in [5.41, 5.74) is -0.840. The van der Waals surface area contributed by atoms with Gasteiger partial charge in [0.05, 0.1) is 22.6 Å². The third-order valence-electron chi connectivity index (χ3n) is 3.32. The van der Waals surface area contributed by atoms with Gasteiger partial charge in [0.1, 0.15) is 5.60 Å². The molecule has 1 aromatic carbocycles. The number of aliphatic hydroxyl groups is 1. The van der Waals surface area contributed by atoms with Crippen molar-refractivity contribution in [2.75, 3.05) is 6.61 Å². The van der Waals surface area contributed by atoms with Crippen LogP contribution >= 0.6 is 23.2 Å². The van der Waals surface area contributed by atoms with Crippen molar-refractivity contribution in [1.29, 1.82) is 0 Å². The maximum absolute atomic E-state index is 12.1. The normalized spacial score (nSPS) is 15.8. The Hall–Kier alpha value is -0.770. The molecule has 0 saturated carbocycles. The summed E-state index contributed by atoms with van der Waals surface area (Å²) >= 11 is 11.9. The minimum Gasteiger partial charge on any atom is -0.466 e. The molecule has 0 heterocycles. The molecule has 2 atom stereocenters. The molecule has 0 radical (unpaired) electrons. The Morgan fingerprint density at radius 3 is 2.40 bits per heavy atom. The van der Waals surface area contributed by atoms with Crippen LogP contribution in [0.4, 0.5) is 0 Å². The zero-order valence-corrected chi connectivity index (χ0v) is 13.6. The van der Waals surface area contributed by atoms with E-state index in [1.165, 1.54) is 0 Å². The molecule has 0 amide bonds. The van der Waals surface area contributed by atoms with E-state index in [0.717, 1.165) is 0 Å². The summed E-state index contributed by atoms with van der Waals surface area (Å²) in [6.45, 7) is 7.35. The highest BCUT2D eigenvalue weighted by Crippen LogP contribution is 2.37. The molecule has 0 bridgehead atoms. The average molecular weight is 319 g/mol. The summed E-state index contributed by atoms with van der Waals surface area (Å²) in [5.74, 6) is -1.18. The van der Waals surface area contributed by atoms with E-state index in [-0.39, 0.29) is 12.5 Å². The van der Waals surface area contributed by atoms with Gasteiger partial charge in [-0.25, -0.2) is 0 Å². The molecule has 1 rings (SSSR count). The SMILES string of the molecule is CCOC(=O)C(C(C)C)C(C)(O)c1ccc(Cl)c(Cl)c1. The summed E-state index contributed by atoms with van der Waals surface area (Å²) in [5, 5.41) is 11.6. The highest BCUT2D eigenvalue weighted by atomic mass is 35.5. The van der Waals surface area contributed by atoms with Crippen LogP contribution < -0.4 is 0 Å². The molecule has 2 unspecified atom stereocenters. The first kappa shape index (κ1) is 17.3. The third kappa shape index (κ3) is 3.66. The van der Waals surface area contributed by atoms with Crippen molar-refractivity contribution in [2.45, 2.75) is 33.3 Å². The van der Waals surface area contributed by atoms with Crippen LogP contribution in [0.25, 0.3) is 0 Å². The van der Waals surface area contributed by atoms with Crippen LogP contribution in [0.15, 0.2) is 18.2 Å². The van der Waals surface area contributed by atoms with Crippen LogP contribution in [-0.2, 0) is 15.1 Å². The minimum atomic E-state index is -1.38. The van der Waals surface area contributed by atoms with Crippen LogP contribution in [0.1, 0.15) is 33.3 Å². The number of hydrogen-bond acceptors (Lipinski definition) is 3. The number of esters is 1. The molecule has 0 aliphatic carbocycles. The summed E-state index contributed by atoms with van der Waals surface area (Å²) < 4.78 is 5.07. The molecule has 0 aliphatic heterocycles. The largest absolute Gasteiger partial charge is 0.466 e. The Labute approximate surface area is 129 Å². The van der Waals surface area contributed by atoms with Crippen molar-refractivity contribution in [3.05, 3.63) is 33.8 Å². The van der Waals surface area contributed by atoms with Crippen LogP contribution in [0.2, 0.25) is 10.0 Å². The topological polar surface area (TPSA) is 46.5 Å². The average Bonchev–Trinajstić information content (AvgIpc) is 2.31. The first-order chi connectivity index (χ1) is 9.21. The highest BCUT2D eigenvalue weighted by Gasteiger charge is 2.42. The molecule has 0 saturated heterocycles. The quantitative estimate of drug-likeness (QED) is 0.833. The van der Waals surface area contributed by atoms with E-state index in [4.69, 9.17) is 27.9 Å². The molecule has 0 aliphatic rings. The van der Waals surface area contributed by atoms with Gasteiger partial charge >= 0.3 is 5.97 Å². The lowest BCUT2D eigenvalue weighted by Crippen LogP contribution is -2.41. The van der Waals surface area contributed by atoms with Gasteiger partial charge < -0.3 is 9.84 Å². The zero-order chi connectivity index (χ0) is 15.5. The molecule has 20 heavy (non-hydrogen) atoms. The fourth-order valence-electron chi connectivity index (χ4n) is 2.37. The van der Waals surface area contributed by atoms with Crippen LogP contribution in [0.5, 0.6) is 0 Å². The predicted octanol–water partition coefficient (Wildman–Crippen LogP) is 4.04. The number of hydrogen-bond donors (Lipinski definition) is 1. The number of benzene rings is 1. The van der Waals surface area contributed by atoms with E-state index in [2.05, 4.69) is 0 Å². The Balaban J connectivity index is 3.21. The van der Waals surface area contributed by atoms with Gasteiger partial charge in [-0.1, -0.05) is 43.1 Å². The summed E-state index contributed by atoms with van der Waals surface area (Å²) in [7, 11) is 0. The lowest BCUT2D eigenvalue weighted by Gasteiger charge is -2.34. The Morgan fingerprint density at radius 1 is 1.35 bits per heavy atom. The second-order valence-electron chi connectivity index (χ2n) is 5.25. The van der Waals surface area contributed by atoms with Crippen LogP contribution in [0.3, 0.4) is 0 Å². The van der Waals surface area contributed by atoms with Gasteiger partial charge in [-0.15, -0.1) is 0 Å². The van der Waals surface area contributed by atoms with Gasteiger partial charge in [0.15, 0.2) is 0 Å². The van der Waals surface area contributed by atoms with Gasteiger partial charge in [-0.05, 0) is 37.5 Å². The van der Waals surface area contributed by atoms with Gasteiger partial charge in [-0.3, -0.25) is 4.79 Å². The van der Waals surface area contributed by atoms with E-state index < -0.39 is 17.5 Å². The Bertz CT molecular complexity index is 484. The maximum atomic E-state index is 12.1. The lowest BCUT2D eigenvalue weighted by molar-refractivity contribution is -0.161. The van der Waals surface area contributed by atoms with Gasteiger partial charge in [0, 0.05) is 0 Å². The zero-order valence-electron chi connectivity index (χ0n) is 12.1. The maximum Gasteiger partial charge on any atom is 0.312 e. The summed E-state index contributed by atoms with van der Waals surface area (Å²) in [6.07, 6.45) is 0. The van der Waals surface area contributed by atoms with Crippen molar-refractivity contribution in [1.82, 2.24) is 0 Å². The summed E-state index contributed by atoms with van der Waals surface area (Å²) in [6, 6.07) is 4.86. The molecule has 5 heteroatoms. The molecular formula is C15H20Cl2O3. The third-order valence-corrected chi connectivity index (χ3v) is 4.06. The molecule has 0 aromatic heterocycles. The van der Waals surface area contributed by atoms with Crippen molar-refractivity contribution in [2.24, 2.45) is 11.8 Å². The standard InChI is InChI=1S/C15H20Cl2O3/c1-5-20-14(18)13(9(2)3)15(4,19)10-6-7-11(16)12(17)8-10/h6-9,13,19H,5H2,1-4H3. The smallest absolute Gasteiger partial charge is 0.312 e. The molecule has 0 fully saturated rings. The second-order valence-corrected chi connectivity index (χ2v) is 6.06. The molecule has 1 N–H and O–H groups in total. The first-order valence-electron chi connectivity index (χ1n) is 6.56. The Kier molecular flexibility index (Phi) is 5.87. The summed E-state index contributed by atoms with van der Waals surface area (Å²) in [4.78, 5) is 12.1. The molecule has 112 valence electrons. The van der Waals surface area contributed by atoms with Crippen molar-refractivity contribution < 1.29 is 14.6 Å². The van der Waals surface area contributed by atoms with E-state index in [0.29, 0.717) is 15.6 Å². The molecular weight excluding hydrogens is 299 g/mol. The fourth-order valence-corrected chi connectivity index (χ4v) is 2.67. The monoisotopic (exact) mass is 318 g/mol. The number of halogens is 2. The number of carbonyl (C=O) groups is 1. The van der Waals surface area contributed by atoms with Crippen LogP contribution in [-0.4, -0.2) is 17.7 Å². The number of ether oxygens (including phenoxy) is 1. The van der Waals surface area contributed by atoms with Crippen molar-refractivity contribution in [3.63, 3.8) is 0 Å². The number of rotatable bonds is 5. The fraction of sp³-hybridized carbons (Fsp3) is 0.533.